The van der Waals surface area contributed by atoms with Gasteiger partial charge in [-0.3, -0.25) is 4.79 Å². The molecule has 2 rings (SSSR count). The summed E-state index contributed by atoms with van der Waals surface area (Å²) in [5.41, 5.74) is 4.56. The maximum absolute atomic E-state index is 11.5. The fraction of sp³-hybridized carbons (Fsp3) is 0.154. The maximum atomic E-state index is 11.5. The topological polar surface area (TPSA) is 83.3 Å². The van der Waals surface area contributed by atoms with Crippen molar-refractivity contribution < 1.29 is 9.21 Å². The van der Waals surface area contributed by atoms with Crippen molar-refractivity contribution in [1.29, 1.82) is 5.26 Å². The highest BCUT2D eigenvalue weighted by molar-refractivity contribution is 5.92. The Labute approximate surface area is 109 Å². The molecule has 1 amide bonds. The molecular weight excluding hydrogens is 244 g/mol. The molecule has 0 saturated carbocycles. The number of aromatic nitrogens is 1. The van der Waals surface area contributed by atoms with E-state index in [0.717, 1.165) is 11.3 Å². The number of hydrogen-bond donors (Lipinski definition) is 1. The first-order valence-electron chi connectivity index (χ1n) is 5.57. The number of furan rings is 1. The molecule has 0 bridgehead atoms. The van der Waals surface area contributed by atoms with E-state index in [1.54, 1.807) is 29.8 Å². The minimum atomic E-state index is -0.421. The third-order valence-electron chi connectivity index (χ3n) is 2.80. The molecule has 0 aliphatic rings. The Balaban J connectivity index is 2.08. The van der Waals surface area contributed by atoms with Crippen molar-refractivity contribution in [2.45, 2.75) is 6.92 Å². The summed E-state index contributed by atoms with van der Waals surface area (Å²) in [5.74, 6) is -0.227. The number of nitriles is 1. The molecule has 0 aromatic carbocycles. The van der Waals surface area contributed by atoms with E-state index in [2.05, 4.69) is 16.6 Å². The zero-order chi connectivity index (χ0) is 13.8. The summed E-state index contributed by atoms with van der Waals surface area (Å²) in [6, 6.07) is 6.96. The van der Waals surface area contributed by atoms with Crippen molar-refractivity contribution in [2.75, 3.05) is 0 Å². The first-order valence-corrected chi connectivity index (χ1v) is 5.57. The van der Waals surface area contributed by atoms with Crippen LogP contribution in [0.4, 0.5) is 0 Å². The summed E-state index contributed by atoms with van der Waals surface area (Å²) in [7, 11) is 1.80. The Bertz CT molecular complexity index is 660. The number of nitrogens with zero attached hydrogens (tertiary/aromatic N) is 3. The number of amides is 1. The molecule has 0 fully saturated rings. The molecule has 0 unspecified atom stereocenters. The van der Waals surface area contributed by atoms with Gasteiger partial charge in [0, 0.05) is 18.3 Å². The lowest BCUT2D eigenvalue weighted by atomic mass is 10.3. The lowest BCUT2D eigenvalue weighted by Crippen LogP contribution is -2.16. The molecule has 6 heteroatoms. The van der Waals surface area contributed by atoms with Crippen molar-refractivity contribution in [2.24, 2.45) is 12.1 Å². The molecular formula is C13H12N4O2. The summed E-state index contributed by atoms with van der Waals surface area (Å²) < 4.78 is 6.69. The van der Waals surface area contributed by atoms with E-state index in [-0.39, 0.29) is 5.76 Å². The minimum Gasteiger partial charge on any atom is -0.459 e. The van der Waals surface area contributed by atoms with Gasteiger partial charge in [-0.05, 0) is 25.1 Å². The Kier molecular flexibility index (Phi) is 3.48. The smallest absolute Gasteiger partial charge is 0.307 e. The number of nitrogens with one attached hydrogen (secondary N) is 1. The predicted molar refractivity (Wildman–Crippen MR) is 68.6 cm³/mol. The molecule has 96 valence electrons. The van der Waals surface area contributed by atoms with E-state index in [4.69, 9.17) is 9.68 Å². The number of rotatable bonds is 3. The third kappa shape index (κ3) is 2.55. The summed E-state index contributed by atoms with van der Waals surface area (Å²) in [5, 5.41) is 12.7. The van der Waals surface area contributed by atoms with Crippen LogP contribution in [-0.2, 0) is 7.05 Å². The molecule has 6 nitrogen and oxygen atoms in total. The van der Waals surface area contributed by atoms with Crippen LogP contribution in [0.2, 0.25) is 0 Å². The van der Waals surface area contributed by atoms with E-state index in [9.17, 15) is 4.79 Å². The molecule has 2 aromatic rings. The average molecular weight is 256 g/mol. The first kappa shape index (κ1) is 12.6. The van der Waals surface area contributed by atoms with Gasteiger partial charge in [0.25, 0.3) is 0 Å². The van der Waals surface area contributed by atoms with Crippen LogP contribution < -0.4 is 5.43 Å². The SMILES string of the molecule is Cc1c(/C=N\NC(=O)c2ccco2)cc(C#N)n1C. The van der Waals surface area contributed by atoms with Crippen LogP contribution >= 0.6 is 0 Å². The van der Waals surface area contributed by atoms with Crippen molar-refractivity contribution in [1.82, 2.24) is 9.99 Å². The second kappa shape index (κ2) is 5.23. The summed E-state index contributed by atoms with van der Waals surface area (Å²) in [4.78, 5) is 11.5. The highest BCUT2D eigenvalue weighted by Gasteiger charge is 2.08. The van der Waals surface area contributed by atoms with Crippen molar-refractivity contribution >= 4 is 12.1 Å². The van der Waals surface area contributed by atoms with Crippen molar-refractivity contribution in [3.05, 3.63) is 47.2 Å². The predicted octanol–water partition coefficient (Wildman–Crippen LogP) is 1.56. The zero-order valence-electron chi connectivity index (χ0n) is 10.5. The summed E-state index contributed by atoms with van der Waals surface area (Å²) in [6.45, 7) is 1.87. The Morgan fingerprint density at radius 2 is 2.42 bits per heavy atom. The van der Waals surface area contributed by atoms with Gasteiger partial charge < -0.3 is 8.98 Å². The van der Waals surface area contributed by atoms with Crippen LogP contribution in [0.25, 0.3) is 0 Å². The van der Waals surface area contributed by atoms with Crippen LogP contribution in [0.1, 0.15) is 27.5 Å². The number of carbonyl (C=O) groups is 1. The monoisotopic (exact) mass is 256 g/mol. The van der Waals surface area contributed by atoms with Gasteiger partial charge >= 0.3 is 5.91 Å². The van der Waals surface area contributed by atoms with Gasteiger partial charge in [-0.1, -0.05) is 0 Å². The zero-order valence-corrected chi connectivity index (χ0v) is 10.5. The van der Waals surface area contributed by atoms with E-state index in [1.807, 2.05) is 6.92 Å². The molecule has 1 N–H and O–H groups in total. The highest BCUT2D eigenvalue weighted by atomic mass is 16.3. The second-order valence-corrected chi connectivity index (χ2v) is 3.92. The van der Waals surface area contributed by atoms with Crippen molar-refractivity contribution in [3.63, 3.8) is 0 Å². The van der Waals surface area contributed by atoms with Gasteiger partial charge in [-0.2, -0.15) is 10.4 Å². The quantitative estimate of drug-likeness (QED) is 0.668. The molecule has 2 heterocycles. The van der Waals surface area contributed by atoms with Crippen LogP contribution in [-0.4, -0.2) is 16.7 Å². The average Bonchev–Trinajstić information content (AvgIpc) is 3.02. The number of hydrazone groups is 1. The Hall–Kier alpha value is -2.81. The number of carbonyl (C=O) groups excluding carboxylic acids is 1. The molecule has 0 aliphatic carbocycles. The summed E-state index contributed by atoms with van der Waals surface area (Å²) in [6.07, 6.45) is 2.91. The van der Waals surface area contributed by atoms with Gasteiger partial charge in [-0.15, -0.1) is 0 Å². The van der Waals surface area contributed by atoms with Gasteiger partial charge in [-0.25, -0.2) is 5.43 Å². The molecule has 0 aliphatic heterocycles. The molecule has 0 radical (unpaired) electrons. The van der Waals surface area contributed by atoms with Crippen LogP contribution in [0, 0.1) is 18.3 Å². The minimum absolute atomic E-state index is 0.194. The maximum Gasteiger partial charge on any atom is 0.307 e. The Morgan fingerprint density at radius 3 is 3.00 bits per heavy atom. The van der Waals surface area contributed by atoms with E-state index in [0.29, 0.717) is 5.69 Å². The van der Waals surface area contributed by atoms with Gasteiger partial charge in [0.05, 0.1) is 12.5 Å². The van der Waals surface area contributed by atoms with E-state index < -0.39 is 5.91 Å². The Morgan fingerprint density at radius 1 is 1.63 bits per heavy atom. The van der Waals surface area contributed by atoms with Gasteiger partial charge in [0.1, 0.15) is 11.8 Å². The highest BCUT2D eigenvalue weighted by Crippen LogP contribution is 2.10. The lowest BCUT2D eigenvalue weighted by molar-refractivity contribution is 0.0927. The van der Waals surface area contributed by atoms with Gasteiger partial charge in [0.15, 0.2) is 5.76 Å². The van der Waals surface area contributed by atoms with Crippen LogP contribution in [0.5, 0.6) is 0 Å². The third-order valence-corrected chi connectivity index (χ3v) is 2.80. The van der Waals surface area contributed by atoms with Crippen LogP contribution in [0.15, 0.2) is 34.0 Å². The van der Waals surface area contributed by atoms with Crippen LogP contribution in [0.3, 0.4) is 0 Å². The second-order valence-electron chi connectivity index (χ2n) is 3.92. The molecule has 0 atom stereocenters. The normalized spacial score (nSPS) is 10.6. The number of hydrogen-bond acceptors (Lipinski definition) is 4. The molecule has 19 heavy (non-hydrogen) atoms. The standard InChI is InChI=1S/C13H12N4O2/c1-9-10(6-11(7-14)17(9)2)8-15-16-13(18)12-4-3-5-19-12/h3-6,8H,1-2H3,(H,16,18)/b15-8-. The fourth-order valence-electron chi connectivity index (χ4n) is 1.58. The van der Waals surface area contributed by atoms with Gasteiger partial charge in [0.2, 0.25) is 0 Å². The fourth-order valence-corrected chi connectivity index (χ4v) is 1.58. The van der Waals surface area contributed by atoms with E-state index in [1.165, 1.54) is 12.5 Å². The lowest BCUT2D eigenvalue weighted by Gasteiger charge is -1.97. The molecule has 0 spiro atoms. The van der Waals surface area contributed by atoms with E-state index >= 15 is 0 Å². The molecule has 0 saturated heterocycles. The largest absolute Gasteiger partial charge is 0.459 e. The first-order chi connectivity index (χ1) is 9.13. The molecule has 2 aromatic heterocycles. The summed E-state index contributed by atoms with van der Waals surface area (Å²) >= 11 is 0. The van der Waals surface area contributed by atoms with Crippen molar-refractivity contribution in [3.8, 4) is 6.07 Å².